The van der Waals surface area contributed by atoms with E-state index in [0.29, 0.717) is 18.1 Å². The van der Waals surface area contributed by atoms with Crippen LogP contribution < -0.4 is 10.6 Å². The minimum atomic E-state index is -0.243. The van der Waals surface area contributed by atoms with E-state index in [0.717, 1.165) is 23.7 Å². The third-order valence-electron chi connectivity index (χ3n) is 2.51. The minimum Gasteiger partial charge on any atom is -0.369 e. The number of carbonyl (C=O) groups excluding carboxylic acids is 1. The van der Waals surface area contributed by atoms with Gasteiger partial charge in [-0.25, -0.2) is 15.0 Å². The molecule has 0 spiro atoms. The molecular formula is C13H17N5OS. The van der Waals surface area contributed by atoms with Crippen LogP contribution in [0.4, 0.5) is 5.82 Å². The largest absolute Gasteiger partial charge is 0.369 e. The molecule has 0 fully saturated rings. The highest BCUT2D eigenvalue weighted by atomic mass is 32.1. The van der Waals surface area contributed by atoms with Gasteiger partial charge in [0.1, 0.15) is 16.5 Å². The maximum atomic E-state index is 11.9. The number of carbonyl (C=O) groups is 1. The normalized spacial score (nSPS) is 10.3. The zero-order valence-corrected chi connectivity index (χ0v) is 12.3. The third-order valence-corrected chi connectivity index (χ3v) is 3.47. The fourth-order valence-electron chi connectivity index (χ4n) is 1.52. The number of rotatable bonds is 6. The quantitative estimate of drug-likeness (QED) is 0.851. The molecule has 0 unspecified atom stereocenters. The highest BCUT2D eigenvalue weighted by Crippen LogP contribution is 2.08. The van der Waals surface area contributed by atoms with Crippen LogP contribution in [-0.2, 0) is 6.54 Å². The first kappa shape index (κ1) is 14.4. The molecule has 20 heavy (non-hydrogen) atoms. The van der Waals surface area contributed by atoms with Crippen molar-refractivity contribution in [1.29, 1.82) is 0 Å². The lowest BCUT2D eigenvalue weighted by molar-refractivity contribution is 0.0945. The number of aromatic nitrogens is 3. The Balaban J connectivity index is 1.88. The molecule has 1 amide bonds. The van der Waals surface area contributed by atoms with Crippen molar-refractivity contribution in [3.63, 3.8) is 0 Å². The molecule has 0 bridgehead atoms. The van der Waals surface area contributed by atoms with Crippen LogP contribution in [0.15, 0.2) is 17.8 Å². The van der Waals surface area contributed by atoms with Crippen molar-refractivity contribution in [3.8, 4) is 0 Å². The molecule has 2 rings (SSSR count). The lowest BCUT2D eigenvalue weighted by Gasteiger charge is -2.05. The average molecular weight is 291 g/mol. The lowest BCUT2D eigenvalue weighted by atomic mass is 10.4. The molecule has 7 heteroatoms. The monoisotopic (exact) mass is 291 g/mol. The predicted molar refractivity (Wildman–Crippen MR) is 78.8 cm³/mol. The Hall–Kier alpha value is -2.02. The number of hydrogen-bond donors (Lipinski definition) is 2. The molecule has 0 aliphatic rings. The molecule has 2 heterocycles. The van der Waals surface area contributed by atoms with Gasteiger partial charge in [0.05, 0.1) is 18.9 Å². The standard InChI is InChI=1S/C13H17N5OS/c1-3-4-14-11-6-15-10(5-16-11)13(19)17-7-12-18-9(2)8-20-12/h5-6,8H,3-4,7H2,1-2H3,(H,14,16)(H,17,19). The van der Waals surface area contributed by atoms with Crippen molar-refractivity contribution in [2.75, 3.05) is 11.9 Å². The number of thiazole rings is 1. The van der Waals surface area contributed by atoms with Crippen LogP contribution >= 0.6 is 11.3 Å². The van der Waals surface area contributed by atoms with E-state index in [1.54, 1.807) is 6.20 Å². The lowest BCUT2D eigenvalue weighted by Crippen LogP contribution is -2.24. The van der Waals surface area contributed by atoms with E-state index < -0.39 is 0 Å². The van der Waals surface area contributed by atoms with Gasteiger partial charge in [-0.15, -0.1) is 11.3 Å². The van der Waals surface area contributed by atoms with Gasteiger partial charge in [0.15, 0.2) is 0 Å². The summed E-state index contributed by atoms with van der Waals surface area (Å²) < 4.78 is 0. The number of nitrogens with zero attached hydrogens (tertiary/aromatic N) is 3. The molecule has 0 saturated carbocycles. The Morgan fingerprint density at radius 1 is 1.35 bits per heavy atom. The van der Waals surface area contributed by atoms with Crippen molar-refractivity contribution in [1.82, 2.24) is 20.3 Å². The summed E-state index contributed by atoms with van der Waals surface area (Å²) in [5, 5.41) is 8.72. The van der Waals surface area contributed by atoms with Crippen LogP contribution in [0.5, 0.6) is 0 Å². The molecule has 0 aliphatic heterocycles. The molecule has 0 aliphatic carbocycles. The zero-order chi connectivity index (χ0) is 14.4. The Morgan fingerprint density at radius 2 is 2.20 bits per heavy atom. The van der Waals surface area contributed by atoms with E-state index in [9.17, 15) is 4.79 Å². The molecule has 0 radical (unpaired) electrons. The fourth-order valence-corrected chi connectivity index (χ4v) is 2.23. The maximum Gasteiger partial charge on any atom is 0.271 e. The highest BCUT2D eigenvalue weighted by molar-refractivity contribution is 7.09. The van der Waals surface area contributed by atoms with Gasteiger partial charge in [-0.1, -0.05) is 6.92 Å². The molecule has 0 atom stereocenters. The minimum absolute atomic E-state index is 0.243. The van der Waals surface area contributed by atoms with Crippen LogP contribution in [-0.4, -0.2) is 27.4 Å². The third kappa shape index (κ3) is 3.99. The summed E-state index contributed by atoms with van der Waals surface area (Å²) in [7, 11) is 0. The summed E-state index contributed by atoms with van der Waals surface area (Å²) in [4.78, 5) is 24.4. The van der Waals surface area contributed by atoms with Gasteiger partial charge in [0.2, 0.25) is 0 Å². The zero-order valence-electron chi connectivity index (χ0n) is 11.5. The van der Waals surface area contributed by atoms with E-state index in [1.165, 1.54) is 17.5 Å². The SMILES string of the molecule is CCCNc1cnc(C(=O)NCc2nc(C)cs2)cn1. The predicted octanol–water partition coefficient (Wildman–Crippen LogP) is 1.99. The summed E-state index contributed by atoms with van der Waals surface area (Å²) in [6, 6.07) is 0. The van der Waals surface area contributed by atoms with Gasteiger partial charge in [-0.3, -0.25) is 4.79 Å². The summed E-state index contributed by atoms with van der Waals surface area (Å²) in [5.74, 6) is 0.436. The van der Waals surface area contributed by atoms with Crippen molar-refractivity contribution in [3.05, 3.63) is 34.2 Å². The van der Waals surface area contributed by atoms with Crippen molar-refractivity contribution >= 4 is 23.1 Å². The van der Waals surface area contributed by atoms with E-state index in [-0.39, 0.29) is 5.91 Å². The second-order valence-electron chi connectivity index (χ2n) is 4.28. The van der Waals surface area contributed by atoms with Gasteiger partial charge in [-0.05, 0) is 13.3 Å². The summed E-state index contributed by atoms with van der Waals surface area (Å²) in [6.07, 6.45) is 4.05. The fraction of sp³-hybridized carbons (Fsp3) is 0.385. The van der Waals surface area contributed by atoms with E-state index >= 15 is 0 Å². The Bertz CT molecular complexity index is 566. The molecule has 2 aromatic rings. The summed E-state index contributed by atoms with van der Waals surface area (Å²) in [6.45, 7) is 5.25. The smallest absolute Gasteiger partial charge is 0.271 e. The van der Waals surface area contributed by atoms with Gasteiger partial charge in [-0.2, -0.15) is 0 Å². The van der Waals surface area contributed by atoms with Crippen LogP contribution in [0.1, 0.15) is 34.5 Å². The molecule has 0 saturated heterocycles. The van der Waals surface area contributed by atoms with Crippen LogP contribution in [0, 0.1) is 6.92 Å². The topological polar surface area (TPSA) is 79.8 Å². The Morgan fingerprint density at radius 3 is 2.80 bits per heavy atom. The van der Waals surface area contributed by atoms with Gasteiger partial charge < -0.3 is 10.6 Å². The number of nitrogens with one attached hydrogen (secondary N) is 2. The molecule has 106 valence electrons. The maximum absolute atomic E-state index is 11.9. The first-order valence-corrected chi connectivity index (χ1v) is 7.32. The Labute approximate surface area is 121 Å². The first-order valence-electron chi connectivity index (χ1n) is 6.44. The van der Waals surface area contributed by atoms with Crippen LogP contribution in [0.2, 0.25) is 0 Å². The van der Waals surface area contributed by atoms with Crippen LogP contribution in [0.25, 0.3) is 0 Å². The Kier molecular flexibility index (Phi) is 5.00. The number of anilines is 1. The highest BCUT2D eigenvalue weighted by Gasteiger charge is 2.08. The van der Waals surface area contributed by atoms with E-state index in [2.05, 4.69) is 32.5 Å². The number of amides is 1. The van der Waals surface area contributed by atoms with Crippen molar-refractivity contribution in [2.45, 2.75) is 26.8 Å². The number of aryl methyl sites for hydroxylation is 1. The molecule has 2 N–H and O–H groups in total. The number of hydrogen-bond acceptors (Lipinski definition) is 6. The van der Waals surface area contributed by atoms with Crippen molar-refractivity contribution < 1.29 is 4.79 Å². The van der Waals surface area contributed by atoms with Crippen LogP contribution in [0.3, 0.4) is 0 Å². The van der Waals surface area contributed by atoms with Crippen molar-refractivity contribution in [2.24, 2.45) is 0 Å². The molecule has 2 aromatic heterocycles. The van der Waals surface area contributed by atoms with Gasteiger partial charge in [0.25, 0.3) is 5.91 Å². The van der Waals surface area contributed by atoms with E-state index in [1.807, 2.05) is 12.3 Å². The molecule has 6 nitrogen and oxygen atoms in total. The second kappa shape index (κ2) is 6.95. The first-order chi connectivity index (χ1) is 9.69. The summed E-state index contributed by atoms with van der Waals surface area (Å²) in [5.41, 5.74) is 1.27. The molecule has 0 aromatic carbocycles. The van der Waals surface area contributed by atoms with E-state index in [4.69, 9.17) is 0 Å². The van der Waals surface area contributed by atoms with Gasteiger partial charge in [0, 0.05) is 17.6 Å². The summed E-state index contributed by atoms with van der Waals surface area (Å²) >= 11 is 1.53. The second-order valence-corrected chi connectivity index (χ2v) is 5.22. The average Bonchev–Trinajstić information content (AvgIpc) is 2.89. The van der Waals surface area contributed by atoms with Gasteiger partial charge >= 0.3 is 0 Å². The molecular weight excluding hydrogens is 274 g/mol.